The average molecular weight is 472 g/mol. The molecule has 0 saturated carbocycles. The van der Waals surface area contributed by atoms with Crippen molar-refractivity contribution in [1.29, 1.82) is 0 Å². The van der Waals surface area contributed by atoms with Crippen LogP contribution in [0.25, 0.3) is 11.0 Å². The first-order valence-electron chi connectivity index (χ1n) is 10.7. The second-order valence-corrected chi connectivity index (χ2v) is 9.89. The molecule has 1 saturated heterocycles. The number of sulfonamides is 1. The Kier molecular flexibility index (Phi) is 6.53. The summed E-state index contributed by atoms with van der Waals surface area (Å²) in [5, 5.41) is 0.727. The van der Waals surface area contributed by atoms with Gasteiger partial charge in [-0.15, -0.1) is 0 Å². The van der Waals surface area contributed by atoms with Gasteiger partial charge in [0.25, 0.3) is 0 Å². The Morgan fingerprint density at radius 2 is 1.73 bits per heavy atom. The Labute approximate surface area is 191 Å². The monoisotopic (exact) mass is 471 g/mol. The Balaban J connectivity index is 1.65. The summed E-state index contributed by atoms with van der Waals surface area (Å²) in [5.74, 6) is -0.396. The van der Waals surface area contributed by atoms with Gasteiger partial charge in [0, 0.05) is 30.6 Å². The lowest BCUT2D eigenvalue weighted by Crippen LogP contribution is -2.32. The van der Waals surface area contributed by atoms with E-state index >= 15 is 0 Å². The first-order valence-corrected chi connectivity index (χ1v) is 12.2. The van der Waals surface area contributed by atoms with Gasteiger partial charge in [0.1, 0.15) is 22.0 Å². The minimum atomic E-state index is -3.84. The van der Waals surface area contributed by atoms with Crippen molar-refractivity contribution in [2.45, 2.75) is 37.5 Å². The van der Waals surface area contributed by atoms with Crippen molar-refractivity contribution in [2.75, 3.05) is 20.2 Å². The third-order valence-electron chi connectivity index (χ3n) is 5.72. The zero-order valence-electron chi connectivity index (χ0n) is 18.5. The fourth-order valence-electron chi connectivity index (χ4n) is 3.96. The summed E-state index contributed by atoms with van der Waals surface area (Å²) in [4.78, 5) is 24.4. The van der Waals surface area contributed by atoms with Crippen molar-refractivity contribution in [3.05, 3.63) is 64.0 Å². The number of aryl methyl sites for hydroxylation is 1. The number of fused-ring (bicyclic) bond motifs is 1. The van der Waals surface area contributed by atoms with Gasteiger partial charge in [-0.3, -0.25) is 0 Å². The molecule has 174 valence electrons. The molecule has 0 radical (unpaired) electrons. The summed E-state index contributed by atoms with van der Waals surface area (Å²) in [6, 6.07) is 10.3. The van der Waals surface area contributed by atoms with E-state index < -0.39 is 21.6 Å². The summed E-state index contributed by atoms with van der Waals surface area (Å²) in [6.07, 6.45) is 3.56. The van der Waals surface area contributed by atoms with E-state index in [-0.39, 0.29) is 22.0 Å². The van der Waals surface area contributed by atoms with Crippen LogP contribution in [0.2, 0.25) is 0 Å². The summed E-state index contributed by atoms with van der Waals surface area (Å²) in [7, 11) is -2.46. The van der Waals surface area contributed by atoms with E-state index in [1.54, 1.807) is 19.1 Å². The summed E-state index contributed by atoms with van der Waals surface area (Å²) >= 11 is 0. The third-order valence-corrected chi connectivity index (χ3v) is 7.64. The first-order chi connectivity index (χ1) is 15.8. The topological polar surface area (TPSA) is 103 Å². The van der Waals surface area contributed by atoms with Crippen molar-refractivity contribution in [3.8, 4) is 11.5 Å². The lowest BCUT2D eigenvalue weighted by atomic mass is 10.1. The maximum Gasteiger partial charge on any atom is 0.343 e. The lowest BCUT2D eigenvalue weighted by Gasteiger charge is -2.21. The summed E-state index contributed by atoms with van der Waals surface area (Å²) in [6.45, 7) is 2.65. The molecule has 0 amide bonds. The number of ether oxygens (including phenoxy) is 2. The quantitative estimate of drug-likeness (QED) is 0.316. The molecule has 1 aromatic heterocycles. The molecule has 1 aliphatic rings. The summed E-state index contributed by atoms with van der Waals surface area (Å²) in [5.41, 5.74) is 0.610. The molecule has 0 aliphatic carbocycles. The van der Waals surface area contributed by atoms with E-state index in [2.05, 4.69) is 0 Å². The molecule has 1 fully saturated rings. The van der Waals surface area contributed by atoms with Crippen LogP contribution < -0.4 is 15.1 Å². The third kappa shape index (κ3) is 4.79. The van der Waals surface area contributed by atoms with Gasteiger partial charge in [0.2, 0.25) is 10.0 Å². The number of carbonyl (C=O) groups is 1. The smallest absolute Gasteiger partial charge is 0.343 e. The molecule has 0 N–H and O–H groups in total. The van der Waals surface area contributed by atoms with Crippen LogP contribution in [0.15, 0.2) is 56.6 Å². The predicted octanol–water partition coefficient (Wildman–Crippen LogP) is 3.89. The maximum absolute atomic E-state index is 13.3. The van der Waals surface area contributed by atoms with Crippen molar-refractivity contribution < 1.29 is 27.1 Å². The largest absolute Gasteiger partial charge is 0.495 e. The molecule has 33 heavy (non-hydrogen) atoms. The van der Waals surface area contributed by atoms with Crippen molar-refractivity contribution in [3.63, 3.8) is 0 Å². The number of rotatable bonds is 5. The normalized spacial score (nSPS) is 15.2. The standard InChI is InChI=1S/C24H25NO7S/c1-16-13-23(26)32-21-15-18(8-9-19(16)21)31-24(27)17-7-10-20(30-2)22(14-17)33(28,29)25-11-5-3-4-6-12-25/h7-10,13-15H,3-6,11-12H2,1-2H3. The second kappa shape index (κ2) is 9.36. The van der Waals surface area contributed by atoms with E-state index in [4.69, 9.17) is 13.9 Å². The highest BCUT2D eigenvalue weighted by molar-refractivity contribution is 7.89. The molecule has 2 aromatic carbocycles. The highest BCUT2D eigenvalue weighted by Crippen LogP contribution is 2.30. The van der Waals surface area contributed by atoms with Gasteiger partial charge in [-0.1, -0.05) is 12.8 Å². The SMILES string of the molecule is COc1ccc(C(=O)Oc2ccc3c(C)cc(=O)oc3c2)cc1S(=O)(=O)N1CCCCCC1. The molecule has 4 rings (SSSR count). The number of esters is 1. The number of nitrogens with zero attached hydrogens (tertiary/aromatic N) is 1. The van der Waals surface area contributed by atoms with Crippen LogP contribution in [0, 0.1) is 6.92 Å². The van der Waals surface area contributed by atoms with Gasteiger partial charge in [-0.25, -0.2) is 18.0 Å². The van der Waals surface area contributed by atoms with Crippen LogP contribution in [0.5, 0.6) is 11.5 Å². The summed E-state index contributed by atoms with van der Waals surface area (Å²) < 4.78 is 44.0. The number of carbonyl (C=O) groups excluding carboxylic acids is 1. The van der Waals surface area contributed by atoms with Crippen molar-refractivity contribution in [1.82, 2.24) is 4.31 Å². The molecule has 3 aromatic rings. The van der Waals surface area contributed by atoms with Gasteiger partial charge >= 0.3 is 11.6 Å². The molecule has 8 nitrogen and oxygen atoms in total. The molecular formula is C24H25NO7S. The zero-order chi connectivity index (χ0) is 23.6. The van der Waals surface area contributed by atoms with Crippen LogP contribution in [-0.2, 0) is 10.0 Å². The lowest BCUT2D eigenvalue weighted by molar-refractivity contribution is 0.0734. The molecular weight excluding hydrogens is 446 g/mol. The van der Waals surface area contributed by atoms with Gasteiger partial charge in [0.05, 0.1) is 12.7 Å². The van der Waals surface area contributed by atoms with Crippen LogP contribution >= 0.6 is 0 Å². The maximum atomic E-state index is 13.3. The Morgan fingerprint density at radius 1 is 1.00 bits per heavy atom. The van der Waals surface area contributed by atoms with Crippen LogP contribution in [0.1, 0.15) is 41.6 Å². The van der Waals surface area contributed by atoms with Crippen LogP contribution in [-0.4, -0.2) is 38.9 Å². The molecule has 2 heterocycles. The Morgan fingerprint density at radius 3 is 2.42 bits per heavy atom. The highest BCUT2D eigenvalue weighted by Gasteiger charge is 2.29. The Bertz CT molecular complexity index is 1350. The van der Waals surface area contributed by atoms with Crippen molar-refractivity contribution in [2.24, 2.45) is 0 Å². The van der Waals surface area contributed by atoms with E-state index in [0.717, 1.165) is 36.6 Å². The second-order valence-electron chi connectivity index (χ2n) is 7.98. The minimum Gasteiger partial charge on any atom is -0.495 e. The van der Waals surface area contributed by atoms with Crippen LogP contribution in [0.3, 0.4) is 0 Å². The van der Waals surface area contributed by atoms with E-state index in [1.165, 1.54) is 41.7 Å². The molecule has 9 heteroatoms. The van der Waals surface area contributed by atoms with Crippen molar-refractivity contribution >= 4 is 27.0 Å². The van der Waals surface area contributed by atoms with E-state index in [0.29, 0.717) is 18.7 Å². The number of benzene rings is 2. The first kappa shape index (κ1) is 23.0. The Hall–Kier alpha value is -3.17. The average Bonchev–Trinajstić information content (AvgIpc) is 3.08. The fourth-order valence-corrected chi connectivity index (χ4v) is 5.66. The molecule has 0 unspecified atom stereocenters. The zero-order valence-corrected chi connectivity index (χ0v) is 19.3. The van der Waals surface area contributed by atoms with Gasteiger partial charge in [0.15, 0.2) is 0 Å². The predicted molar refractivity (Wildman–Crippen MR) is 122 cm³/mol. The van der Waals surface area contributed by atoms with Crippen LogP contribution in [0.4, 0.5) is 0 Å². The van der Waals surface area contributed by atoms with Gasteiger partial charge in [-0.05, 0) is 55.7 Å². The van der Waals surface area contributed by atoms with E-state index in [9.17, 15) is 18.0 Å². The molecule has 1 aliphatic heterocycles. The number of methoxy groups -OCH3 is 1. The highest BCUT2D eigenvalue weighted by atomic mass is 32.2. The molecule has 0 atom stereocenters. The molecule has 0 spiro atoms. The van der Waals surface area contributed by atoms with E-state index in [1.807, 2.05) is 0 Å². The van der Waals surface area contributed by atoms with Gasteiger partial charge in [-0.2, -0.15) is 4.31 Å². The number of hydrogen-bond donors (Lipinski definition) is 0. The minimum absolute atomic E-state index is 0.0648. The number of hydrogen-bond acceptors (Lipinski definition) is 7. The van der Waals surface area contributed by atoms with Gasteiger partial charge < -0.3 is 13.9 Å². The fraction of sp³-hybridized carbons (Fsp3) is 0.333. The molecule has 0 bridgehead atoms.